The number of aromatic nitrogens is 2. The van der Waals surface area contributed by atoms with Crippen LogP contribution in [0, 0.1) is 0 Å². The van der Waals surface area contributed by atoms with Gasteiger partial charge in [0.2, 0.25) is 0 Å². The minimum Gasteiger partial charge on any atom is -0.503 e. The van der Waals surface area contributed by atoms with E-state index in [1.165, 1.54) is 0 Å². The van der Waals surface area contributed by atoms with Crippen LogP contribution in [0.1, 0.15) is 12.5 Å². The molecule has 6 nitrogen and oxygen atoms in total. The van der Waals surface area contributed by atoms with Crippen LogP contribution in [-0.4, -0.2) is 27.9 Å². The van der Waals surface area contributed by atoms with Gasteiger partial charge in [-0.1, -0.05) is 0 Å². The molecule has 0 unspecified atom stereocenters. The molecule has 3 N–H and O–H groups in total. The number of nitrogens with zero attached hydrogens (tertiary/aromatic N) is 1. The fraction of sp³-hybridized carbons (Fsp3) is 0.125. The number of halogens is 2. The summed E-state index contributed by atoms with van der Waals surface area (Å²) in [6.07, 6.45) is 1.66. The minimum absolute atomic E-state index is 0.0344. The highest BCUT2D eigenvalue weighted by Crippen LogP contribution is 2.41. The first-order valence-electron chi connectivity index (χ1n) is 7.09. The number of H-pyrrole nitrogens is 2. The zero-order chi connectivity index (χ0) is 17.3. The average Bonchev–Trinajstić information content (AvgIpc) is 2.93. The highest BCUT2D eigenvalue weighted by atomic mass is 79.9. The van der Waals surface area contributed by atoms with Crippen LogP contribution in [0.3, 0.4) is 0 Å². The third-order valence-electron chi connectivity index (χ3n) is 3.33. The predicted octanol–water partition coefficient (Wildman–Crippen LogP) is 4.24. The van der Waals surface area contributed by atoms with E-state index in [2.05, 4.69) is 46.8 Å². The zero-order valence-electron chi connectivity index (χ0n) is 12.6. The fourth-order valence-electron chi connectivity index (χ4n) is 2.22. The van der Waals surface area contributed by atoms with E-state index >= 15 is 0 Å². The van der Waals surface area contributed by atoms with Gasteiger partial charge in [0.15, 0.2) is 11.5 Å². The first-order valence-corrected chi connectivity index (χ1v) is 8.68. The zero-order valence-corrected chi connectivity index (χ0v) is 15.7. The van der Waals surface area contributed by atoms with Crippen LogP contribution in [-0.2, 0) is 0 Å². The van der Waals surface area contributed by atoms with Crippen LogP contribution in [0.25, 0.3) is 11.0 Å². The van der Waals surface area contributed by atoms with Gasteiger partial charge in [-0.25, -0.2) is 4.79 Å². The van der Waals surface area contributed by atoms with Crippen LogP contribution in [0.2, 0.25) is 0 Å². The van der Waals surface area contributed by atoms with E-state index < -0.39 is 0 Å². The summed E-state index contributed by atoms with van der Waals surface area (Å²) in [5.41, 5.74) is 2.59. The summed E-state index contributed by atoms with van der Waals surface area (Å²) in [6.45, 7) is 2.28. The Morgan fingerprint density at radius 3 is 2.71 bits per heavy atom. The molecule has 124 valence electrons. The van der Waals surface area contributed by atoms with Gasteiger partial charge in [-0.3, -0.25) is 4.99 Å². The van der Waals surface area contributed by atoms with Crippen molar-refractivity contribution in [3.63, 3.8) is 0 Å². The van der Waals surface area contributed by atoms with Gasteiger partial charge < -0.3 is 19.8 Å². The van der Waals surface area contributed by atoms with Gasteiger partial charge in [-0.15, -0.1) is 0 Å². The summed E-state index contributed by atoms with van der Waals surface area (Å²) in [7, 11) is 0. The van der Waals surface area contributed by atoms with Crippen molar-refractivity contribution in [2.45, 2.75) is 6.92 Å². The Morgan fingerprint density at radius 1 is 1.21 bits per heavy atom. The molecular weight excluding hydrogens is 442 g/mol. The van der Waals surface area contributed by atoms with Gasteiger partial charge >= 0.3 is 5.69 Å². The molecular formula is C16H13Br2N3O3. The van der Waals surface area contributed by atoms with Gasteiger partial charge in [-0.2, -0.15) is 0 Å². The second-order valence-electron chi connectivity index (χ2n) is 4.94. The molecule has 3 rings (SSSR count). The molecule has 0 amide bonds. The van der Waals surface area contributed by atoms with Crippen molar-refractivity contribution in [2.24, 2.45) is 4.99 Å². The van der Waals surface area contributed by atoms with E-state index in [0.29, 0.717) is 32.5 Å². The molecule has 3 aromatic rings. The molecule has 0 aliphatic rings. The molecule has 0 saturated carbocycles. The van der Waals surface area contributed by atoms with Crippen LogP contribution in [0.15, 0.2) is 43.0 Å². The number of rotatable bonds is 4. The molecule has 1 heterocycles. The number of aromatic amines is 2. The standard InChI is InChI=1S/C16H13Br2N3O3/c1-2-24-12-5-8(13(17)14(18)15(12)22)7-19-9-3-4-10-11(6-9)21-16(23)20-10/h3-7,22H,2H2,1H3,(H2,20,21,23). The normalized spacial score (nSPS) is 11.5. The number of hydrogen-bond donors (Lipinski definition) is 3. The number of aliphatic imine (C=N–C) groups is 1. The first kappa shape index (κ1) is 16.8. The molecule has 0 spiro atoms. The van der Waals surface area contributed by atoms with Crippen molar-refractivity contribution >= 4 is 54.8 Å². The minimum atomic E-state index is -0.252. The lowest BCUT2D eigenvalue weighted by atomic mass is 10.2. The average molecular weight is 455 g/mol. The number of phenolic OH excluding ortho intramolecular Hbond substituents is 1. The van der Waals surface area contributed by atoms with Crippen molar-refractivity contribution < 1.29 is 9.84 Å². The smallest absolute Gasteiger partial charge is 0.323 e. The van der Waals surface area contributed by atoms with E-state index in [1.807, 2.05) is 6.92 Å². The van der Waals surface area contributed by atoms with Crippen LogP contribution < -0.4 is 10.4 Å². The Bertz CT molecular complexity index is 992. The maximum atomic E-state index is 11.3. The van der Waals surface area contributed by atoms with Crippen LogP contribution >= 0.6 is 31.9 Å². The van der Waals surface area contributed by atoms with Gasteiger partial charge in [-0.05, 0) is 63.0 Å². The van der Waals surface area contributed by atoms with Crippen molar-refractivity contribution in [1.29, 1.82) is 0 Å². The van der Waals surface area contributed by atoms with E-state index in [4.69, 9.17) is 4.74 Å². The third kappa shape index (κ3) is 3.25. The monoisotopic (exact) mass is 453 g/mol. The summed E-state index contributed by atoms with van der Waals surface area (Å²) in [5, 5.41) is 10.1. The molecule has 0 fully saturated rings. The van der Waals surface area contributed by atoms with E-state index in [-0.39, 0.29) is 11.4 Å². The maximum Gasteiger partial charge on any atom is 0.323 e. The molecule has 0 saturated heterocycles. The highest BCUT2D eigenvalue weighted by molar-refractivity contribution is 9.13. The molecule has 0 radical (unpaired) electrons. The molecule has 1 aromatic heterocycles. The van der Waals surface area contributed by atoms with Crippen LogP contribution in [0.5, 0.6) is 11.5 Å². The lowest BCUT2D eigenvalue weighted by Gasteiger charge is -2.10. The molecule has 0 atom stereocenters. The number of benzene rings is 2. The Balaban J connectivity index is 1.99. The number of hydrogen-bond acceptors (Lipinski definition) is 4. The molecule has 2 aromatic carbocycles. The van der Waals surface area contributed by atoms with Crippen molar-refractivity contribution in [3.05, 3.63) is 49.3 Å². The van der Waals surface area contributed by atoms with E-state index in [1.54, 1.807) is 30.5 Å². The van der Waals surface area contributed by atoms with Crippen LogP contribution in [0.4, 0.5) is 5.69 Å². The number of ether oxygens (including phenoxy) is 1. The predicted molar refractivity (Wildman–Crippen MR) is 101 cm³/mol. The van der Waals surface area contributed by atoms with E-state index in [0.717, 1.165) is 11.1 Å². The summed E-state index contributed by atoms with van der Waals surface area (Å²) in [5.74, 6) is 0.409. The van der Waals surface area contributed by atoms with Crippen molar-refractivity contribution in [3.8, 4) is 11.5 Å². The van der Waals surface area contributed by atoms with Gasteiger partial charge in [0.1, 0.15) is 0 Å². The second kappa shape index (κ2) is 6.82. The van der Waals surface area contributed by atoms with Gasteiger partial charge in [0.05, 0.1) is 27.8 Å². The Kier molecular flexibility index (Phi) is 4.77. The molecule has 8 heteroatoms. The largest absolute Gasteiger partial charge is 0.503 e. The molecule has 0 aliphatic heterocycles. The molecule has 0 aliphatic carbocycles. The summed E-state index contributed by atoms with van der Waals surface area (Å²) < 4.78 is 6.59. The summed E-state index contributed by atoms with van der Waals surface area (Å²) in [4.78, 5) is 21.1. The topological polar surface area (TPSA) is 90.5 Å². The lowest BCUT2D eigenvalue weighted by Crippen LogP contribution is -1.99. The number of imidazole rings is 1. The number of phenols is 1. The third-order valence-corrected chi connectivity index (χ3v) is 5.48. The number of fused-ring (bicyclic) bond motifs is 1. The van der Waals surface area contributed by atoms with Crippen molar-refractivity contribution in [2.75, 3.05) is 6.61 Å². The highest BCUT2D eigenvalue weighted by Gasteiger charge is 2.14. The lowest BCUT2D eigenvalue weighted by molar-refractivity contribution is 0.317. The van der Waals surface area contributed by atoms with Gasteiger partial charge in [0, 0.05) is 16.3 Å². The fourth-order valence-corrected chi connectivity index (χ4v) is 3.05. The van der Waals surface area contributed by atoms with E-state index in [9.17, 15) is 9.90 Å². The Morgan fingerprint density at radius 2 is 1.96 bits per heavy atom. The number of aromatic hydroxyl groups is 1. The molecule has 24 heavy (non-hydrogen) atoms. The quantitative estimate of drug-likeness (QED) is 0.515. The van der Waals surface area contributed by atoms with Crippen molar-refractivity contribution in [1.82, 2.24) is 9.97 Å². The number of nitrogens with one attached hydrogen (secondary N) is 2. The Hall–Kier alpha value is -2.06. The van der Waals surface area contributed by atoms with Gasteiger partial charge in [0.25, 0.3) is 0 Å². The first-order chi connectivity index (χ1) is 11.5. The SMILES string of the molecule is CCOc1cc(C=Nc2ccc3[nH]c(=O)[nH]c3c2)c(Br)c(Br)c1O. The summed E-state index contributed by atoms with van der Waals surface area (Å²) >= 11 is 6.76. The second-order valence-corrected chi connectivity index (χ2v) is 6.53. The maximum absolute atomic E-state index is 11.3. The Labute approximate surface area is 153 Å². The summed E-state index contributed by atoms with van der Waals surface area (Å²) in [6, 6.07) is 7.06. The molecule has 0 bridgehead atoms.